The van der Waals surface area contributed by atoms with Crippen LogP contribution in [0.15, 0.2) is 48.7 Å². The number of nitrogens with zero attached hydrogens (tertiary/aromatic N) is 3. The maximum absolute atomic E-state index is 13.7. The van der Waals surface area contributed by atoms with Crippen LogP contribution in [0.1, 0.15) is 58.3 Å². The highest BCUT2D eigenvalue weighted by atomic mass is 19.3. The van der Waals surface area contributed by atoms with Gasteiger partial charge in [0, 0.05) is 49.3 Å². The van der Waals surface area contributed by atoms with Gasteiger partial charge in [-0.1, -0.05) is 36.4 Å². The third-order valence-electron chi connectivity index (χ3n) is 7.13. The number of Topliss-reactive ketones (excluding diaryl/α,β-unsaturated/α-hetero) is 2. The molecule has 0 unspecified atom stereocenters. The van der Waals surface area contributed by atoms with Crippen molar-refractivity contribution < 1.29 is 23.2 Å². The second-order valence-corrected chi connectivity index (χ2v) is 9.86. The molecule has 2 aromatic carbocycles. The van der Waals surface area contributed by atoms with Crippen LogP contribution in [0.4, 0.5) is 8.78 Å². The summed E-state index contributed by atoms with van der Waals surface area (Å²) in [4.78, 5) is 42.5. The largest absolute Gasteiger partial charge is 0.320 e. The number of carbonyl (C=O) groups is 3. The van der Waals surface area contributed by atoms with E-state index in [1.165, 1.54) is 11.8 Å². The second-order valence-electron chi connectivity index (χ2n) is 9.86. The predicted molar refractivity (Wildman–Crippen MR) is 138 cm³/mol. The summed E-state index contributed by atoms with van der Waals surface area (Å²) in [6, 6.07) is 13.8. The van der Waals surface area contributed by atoms with E-state index in [2.05, 4.69) is 11.1 Å². The van der Waals surface area contributed by atoms with Crippen LogP contribution in [0.2, 0.25) is 0 Å². The van der Waals surface area contributed by atoms with E-state index < -0.39 is 30.8 Å². The van der Waals surface area contributed by atoms with E-state index in [1.807, 2.05) is 42.5 Å². The Balaban J connectivity index is 1.31. The molecule has 1 saturated heterocycles. The molecule has 0 saturated carbocycles. The summed E-state index contributed by atoms with van der Waals surface area (Å²) in [7, 11) is 0. The Morgan fingerprint density at radius 1 is 1.05 bits per heavy atom. The van der Waals surface area contributed by atoms with Gasteiger partial charge >= 0.3 is 0 Å². The Hall–Kier alpha value is -4.25. The van der Waals surface area contributed by atoms with Crippen LogP contribution in [0.5, 0.6) is 0 Å². The van der Waals surface area contributed by atoms with Gasteiger partial charge in [-0.2, -0.15) is 5.26 Å². The molecule has 3 aromatic rings. The number of rotatable bonds is 6. The Bertz CT molecular complexity index is 1520. The highest BCUT2D eigenvalue weighted by Crippen LogP contribution is 2.32. The van der Waals surface area contributed by atoms with Crippen molar-refractivity contribution in [3.8, 4) is 6.07 Å². The fourth-order valence-corrected chi connectivity index (χ4v) is 5.13. The van der Waals surface area contributed by atoms with Crippen molar-refractivity contribution in [3.63, 3.8) is 0 Å². The molecule has 1 aromatic heterocycles. The highest BCUT2D eigenvalue weighted by molar-refractivity contribution is 6.08. The first kappa shape index (κ1) is 25.4. The summed E-state index contributed by atoms with van der Waals surface area (Å²) < 4.78 is 27.4. The summed E-state index contributed by atoms with van der Waals surface area (Å²) in [5.74, 6) is -3.75. The average Bonchev–Trinajstić information content (AvgIpc) is 3.24. The van der Waals surface area contributed by atoms with Crippen LogP contribution in [-0.4, -0.2) is 45.9 Å². The molecule has 1 amide bonds. The van der Waals surface area contributed by atoms with Gasteiger partial charge in [-0.3, -0.25) is 19.4 Å². The Labute approximate surface area is 218 Å². The first-order valence-electron chi connectivity index (χ1n) is 12.5. The number of aromatic nitrogens is 1. The van der Waals surface area contributed by atoms with E-state index in [1.54, 1.807) is 12.1 Å². The van der Waals surface area contributed by atoms with Crippen LogP contribution in [0, 0.1) is 11.3 Å². The zero-order valence-corrected chi connectivity index (χ0v) is 20.6. The van der Waals surface area contributed by atoms with Crippen molar-refractivity contribution >= 4 is 40.5 Å². The van der Waals surface area contributed by atoms with Gasteiger partial charge in [0.05, 0.1) is 18.1 Å². The van der Waals surface area contributed by atoms with Crippen LogP contribution < -0.4 is 0 Å². The smallest absolute Gasteiger partial charge is 0.268 e. The van der Waals surface area contributed by atoms with Crippen molar-refractivity contribution in [3.05, 3.63) is 76.5 Å². The summed E-state index contributed by atoms with van der Waals surface area (Å²) in [5, 5.41) is 9.76. The lowest BCUT2D eigenvalue weighted by Gasteiger charge is -2.18. The zero-order chi connectivity index (χ0) is 26.9. The van der Waals surface area contributed by atoms with Gasteiger partial charge < -0.3 is 4.90 Å². The van der Waals surface area contributed by atoms with Gasteiger partial charge in [-0.15, -0.1) is 0 Å². The number of pyridine rings is 1. The van der Waals surface area contributed by atoms with Crippen molar-refractivity contribution in [1.82, 2.24) is 9.88 Å². The van der Waals surface area contributed by atoms with Crippen LogP contribution in [0.3, 0.4) is 0 Å². The molecule has 38 heavy (non-hydrogen) atoms. The molecule has 8 heteroatoms. The first-order chi connectivity index (χ1) is 18.2. The van der Waals surface area contributed by atoms with E-state index >= 15 is 0 Å². The molecule has 2 aliphatic rings. The number of amides is 1. The van der Waals surface area contributed by atoms with Crippen molar-refractivity contribution in [2.75, 3.05) is 6.54 Å². The van der Waals surface area contributed by atoms with Crippen molar-refractivity contribution in [2.45, 2.75) is 50.5 Å². The van der Waals surface area contributed by atoms with E-state index in [9.17, 15) is 23.2 Å². The zero-order valence-electron chi connectivity index (χ0n) is 20.6. The van der Waals surface area contributed by atoms with Gasteiger partial charge in [0.1, 0.15) is 11.8 Å². The molecular formula is C30H25F2N3O3. The lowest BCUT2D eigenvalue weighted by Crippen LogP contribution is -2.36. The van der Waals surface area contributed by atoms with Crippen molar-refractivity contribution in [2.24, 2.45) is 0 Å². The summed E-state index contributed by atoms with van der Waals surface area (Å²) in [5.41, 5.74) is 5.18. The number of halogens is 2. The second kappa shape index (κ2) is 10.3. The maximum atomic E-state index is 13.7. The Morgan fingerprint density at radius 3 is 2.61 bits per heavy atom. The molecule has 2 heterocycles. The minimum atomic E-state index is -3.09. The maximum Gasteiger partial charge on any atom is 0.268 e. The molecule has 0 radical (unpaired) electrons. The fraction of sp³-hybridized carbons (Fsp3) is 0.300. The SMILES string of the molecule is N#C[C@@H]1CC(F)(F)CN1C(=O)CCC(=O)c1ccnc2ccc(/C=C/c3ccc4c(c3)CCC(=O)C4)cc12. The quantitative estimate of drug-likeness (QED) is 0.334. The molecule has 1 fully saturated rings. The van der Waals surface area contributed by atoms with Crippen LogP contribution >= 0.6 is 0 Å². The molecule has 5 rings (SSSR count). The molecule has 192 valence electrons. The number of hydrogen-bond donors (Lipinski definition) is 0. The molecule has 1 atom stereocenters. The van der Waals surface area contributed by atoms with E-state index in [4.69, 9.17) is 5.26 Å². The van der Waals surface area contributed by atoms with Crippen molar-refractivity contribution in [1.29, 1.82) is 5.26 Å². The molecule has 1 aliphatic carbocycles. The molecule has 1 aliphatic heterocycles. The fourth-order valence-electron chi connectivity index (χ4n) is 5.13. The number of nitriles is 1. The van der Waals surface area contributed by atoms with Crippen LogP contribution in [-0.2, 0) is 22.4 Å². The molecule has 0 spiro atoms. The van der Waals surface area contributed by atoms with Gasteiger partial charge in [0.15, 0.2) is 5.78 Å². The molecular weight excluding hydrogens is 488 g/mol. The predicted octanol–water partition coefficient (Wildman–Crippen LogP) is 5.19. The number of ketones is 2. The van der Waals surface area contributed by atoms with Gasteiger partial charge in [0.2, 0.25) is 5.91 Å². The lowest BCUT2D eigenvalue weighted by atomic mass is 9.89. The van der Waals surface area contributed by atoms with E-state index in [0.717, 1.165) is 28.0 Å². The number of alkyl halides is 2. The van der Waals surface area contributed by atoms with E-state index in [0.29, 0.717) is 29.3 Å². The van der Waals surface area contributed by atoms with Gasteiger partial charge in [-0.05, 0) is 46.9 Å². The minimum absolute atomic E-state index is 0.157. The highest BCUT2D eigenvalue weighted by Gasteiger charge is 2.47. The third kappa shape index (κ3) is 5.37. The lowest BCUT2D eigenvalue weighted by molar-refractivity contribution is -0.132. The molecule has 0 N–H and O–H groups in total. The Kier molecular flexibility index (Phi) is 6.85. The summed E-state index contributed by atoms with van der Waals surface area (Å²) in [6.45, 7) is -0.797. The molecule has 6 nitrogen and oxygen atoms in total. The third-order valence-corrected chi connectivity index (χ3v) is 7.13. The standard InChI is InChI=1S/C30H25F2N3O3/c31-30(32)16-23(17-33)35(18-30)29(38)10-9-28(37)25-11-12-34-27-8-4-20(14-26(25)27)2-1-19-3-5-22-15-24(36)7-6-21(22)13-19/h1-5,8,11-14,23H,6-7,9-10,15-16,18H2/b2-1+/t23-/m0/s1. The Morgan fingerprint density at radius 2 is 1.82 bits per heavy atom. The normalized spacial score (nSPS) is 18.5. The topological polar surface area (TPSA) is 91.1 Å². The summed E-state index contributed by atoms with van der Waals surface area (Å²) >= 11 is 0. The number of fused-ring (bicyclic) bond motifs is 2. The van der Waals surface area contributed by atoms with Gasteiger partial charge in [0.25, 0.3) is 5.92 Å². The first-order valence-corrected chi connectivity index (χ1v) is 12.5. The van der Waals surface area contributed by atoms with Gasteiger partial charge in [-0.25, -0.2) is 8.78 Å². The number of benzene rings is 2. The minimum Gasteiger partial charge on any atom is -0.320 e. The number of carbonyl (C=O) groups excluding carboxylic acids is 3. The average molecular weight is 514 g/mol. The van der Waals surface area contributed by atoms with E-state index in [-0.39, 0.29) is 24.4 Å². The monoisotopic (exact) mass is 513 g/mol. The number of hydrogen-bond acceptors (Lipinski definition) is 5. The summed E-state index contributed by atoms with van der Waals surface area (Å²) in [6.07, 6.45) is 6.17. The van der Waals surface area contributed by atoms with Crippen LogP contribution in [0.25, 0.3) is 23.1 Å². The number of likely N-dealkylation sites (tertiary alicyclic amines) is 1. The molecule has 0 bridgehead atoms. The number of aryl methyl sites for hydroxylation is 1.